The van der Waals surface area contributed by atoms with Crippen LogP contribution in [-0.4, -0.2) is 56.0 Å². The summed E-state index contributed by atoms with van der Waals surface area (Å²) in [6.45, 7) is 3.63. The van der Waals surface area contributed by atoms with Crippen LogP contribution in [0.5, 0.6) is 5.75 Å². The number of halogens is 1. The standard InChI is InChI=1S/C32H34ClN3O6/c1-3-16-42-26-14-12-23(13-15-26)19-28(35-29(37)20-24-10-7-11-25(33)17-24)32(40)36-27(18-22-8-5-4-6-9-22)31(39)34-21-30(38)41-2/h3-15,17,27-28H,1,16,18-21H2,2H3,(H,34,39)(H,35,37)(H,36,40)/t27-,28-/m0/s1. The van der Waals surface area contributed by atoms with E-state index in [4.69, 9.17) is 16.3 Å². The van der Waals surface area contributed by atoms with Gasteiger partial charge in [0.25, 0.3) is 0 Å². The summed E-state index contributed by atoms with van der Waals surface area (Å²) >= 11 is 6.07. The van der Waals surface area contributed by atoms with Crippen molar-refractivity contribution < 1.29 is 28.7 Å². The molecule has 0 aliphatic carbocycles. The van der Waals surface area contributed by atoms with Crippen molar-refractivity contribution >= 4 is 35.3 Å². The molecule has 3 N–H and O–H groups in total. The number of ether oxygens (including phenoxy) is 2. The van der Waals surface area contributed by atoms with Gasteiger partial charge in [-0.15, -0.1) is 0 Å². The number of amides is 3. The maximum absolute atomic E-state index is 13.6. The highest BCUT2D eigenvalue weighted by Crippen LogP contribution is 2.15. The zero-order chi connectivity index (χ0) is 30.3. The zero-order valence-electron chi connectivity index (χ0n) is 23.3. The Morgan fingerprint density at radius 2 is 1.48 bits per heavy atom. The van der Waals surface area contributed by atoms with Crippen LogP contribution in [0, 0.1) is 0 Å². The van der Waals surface area contributed by atoms with Gasteiger partial charge in [0, 0.05) is 17.9 Å². The first kappa shape index (κ1) is 31.9. The number of hydrogen-bond donors (Lipinski definition) is 3. The molecule has 0 unspecified atom stereocenters. The summed E-state index contributed by atoms with van der Waals surface area (Å²) in [6, 6.07) is 21.1. The molecule has 0 saturated carbocycles. The highest BCUT2D eigenvalue weighted by Gasteiger charge is 2.28. The molecule has 0 bridgehead atoms. The lowest BCUT2D eigenvalue weighted by molar-refractivity contribution is -0.141. The van der Waals surface area contributed by atoms with E-state index < -0.39 is 35.8 Å². The van der Waals surface area contributed by atoms with Gasteiger partial charge in [-0.3, -0.25) is 19.2 Å². The number of esters is 1. The second kappa shape index (κ2) is 16.6. The monoisotopic (exact) mass is 591 g/mol. The molecule has 9 nitrogen and oxygen atoms in total. The molecule has 0 radical (unpaired) electrons. The predicted octanol–water partition coefficient (Wildman–Crippen LogP) is 3.19. The lowest BCUT2D eigenvalue weighted by Crippen LogP contribution is -2.55. The van der Waals surface area contributed by atoms with E-state index in [1.165, 1.54) is 7.11 Å². The number of carbonyl (C=O) groups is 4. The third-order valence-electron chi connectivity index (χ3n) is 6.19. The molecule has 3 aromatic rings. The Hall–Kier alpha value is -4.63. The molecule has 0 aromatic heterocycles. The number of hydrogen-bond acceptors (Lipinski definition) is 6. The average molecular weight is 592 g/mol. The van der Waals surface area contributed by atoms with E-state index in [2.05, 4.69) is 27.3 Å². The molecule has 0 fully saturated rings. The lowest BCUT2D eigenvalue weighted by atomic mass is 10.0. The van der Waals surface area contributed by atoms with Crippen molar-refractivity contribution in [3.8, 4) is 5.75 Å². The Kier molecular flexibility index (Phi) is 12.6. The first-order valence-corrected chi connectivity index (χ1v) is 13.7. The molecule has 0 heterocycles. The summed E-state index contributed by atoms with van der Waals surface area (Å²) < 4.78 is 10.1. The summed E-state index contributed by atoms with van der Waals surface area (Å²) in [7, 11) is 1.21. The van der Waals surface area contributed by atoms with Gasteiger partial charge in [-0.1, -0.05) is 78.9 Å². The molecule has 220 valence electrons. The number of rotatable bonds is 15. The van der Waals surface area contributed by atoms with Crippen molar-refractivity contribution in [1.29, 1.82) is 0 Å². The normalized spacial score (nSPS) is 11.9. The second-order valence-corrected chi connectivity index (χ2v) is 9.86. The molecule has 3 aromatic carbocycles. The van der Waals surface area contributed by atoms with Gasteiger partial charge >= 0.3 is 5.97 Å². The average Bonchev–Trinajstić information content (AvgIpc) is 2.99. The van der Waals surface area contributed by atoms with Gasteiger partial charge in [0.2, 0.25) is 17.7 Å². The van der Waals surface area contributed by atoms with E-state index in [0.717, 1.165) is 11.1 Å². The molecule has 10 heteroatoms. The van der Waals surface area contributed by atoms with Crippen molar-refractivity contribution in [3.05, 3.63) is 113 Å². The minimum absolute atomic E-state index is 0.00568. The molecule has 3 rings (SSSR count). The van der Waals surface area contributed by atoms with E-state index in [1.54, 1.807) is 54.6 Å². The molecule has 2 atom stereocenters. The largest absolute Gasteiger partial charge is 0.490 e. The van der Waals surface area contributed by atoms with Crippen LogP contribution >= 0.6 is 11.6 Å². The Morgan fingerprint density at radius 3 is 2.12 bits per heavy atom. The van der Waals surface area contributed by atoms with Crippen molar-refractivity contribution in [2.45, 2.75) is 31.3 Å². The summed E-state index contributed by atoms with van der Waals surface area (Å²) in [6.07, 6.45) is 1.96. The van der Waals surface area contributed by atoms with Crippen molar-refractivity contribution in [2.75, 3.05) is 20.3 Å². The molecule has 0 aliphatic rings. The number of methoxy groups -OCH3 is 1. The smallest absolute Gasteiger partial charge is 0.325 e. The predicted molar refractivity (Wildman–Crippen MR) is 160 cm³/mol. The third-order valence-corrected chi connectivity index (χ3v) is 6.42. The van der Waals surface area contributed by atoms with E-state index in [9.17, 15) is 19.2 Å². The second-order valence-electron chi connectivity index (χ2n) is 9.42. The van der Waals surface area contributed by atoms with E-state index in [0.29, 0.717) is 22.9 Å². The molecular weight excluding hydrogens is 558 g/mol. The Bertz CT molecular complexity index is 1360. The van der Waals surface area contributed by atoms with E-state index in [1.807, 2.05) is 30.3 Å². The summed E-state index contributed by atoms with van der Waals surface area (Å²) in [4.78, 5) is 51.3. The Labute approximate surface area is 250 Å². The fourth-order valence-corrected chi connectivity index (χ4v) is 4.30. The Morgan fingerprint density at radius 1 is 0.833 bits per heavy atom. The van der Waals surface area contributed by atoms with Crippen LogP contribution in [0.25, 0.3) is 0 Å². The van der Waals surface area contributed by atoms with Crippen LogP contribution in [-0.2, 0) is 43.2 Å². The molecule has 0 spiro atoms. The van der Waals surface area contributed by atoms with Crippen LogP contribution < -0.4 is 20.7 Å². The molecule has 0 aliphatic heterocycles. The molecular formula is C32H34ClN3O6. The van der Waals surface area contributed by atoms with Gasteiger partial charge in [-0.25, -0.2) is 0 Å². The van der Waals surface area contributed by atoms with Gasteiger partial charge in [-0.2, -0.15) is 0 Å². The highest BCUT2D eigenvalue weighted by atomic mass is 35.5. The van der Waals surface area contributed by atoms with Crippen LogP contribution in [0.4, 0.5) is 0 Å². The topological polar surface area (TPSA) is 123 Å². The number of benzene rings is 3. The highest BCUT2D eigenvalue weighted by molar-refractivity contribution is 6.30. The van der Waals surface area contributed by atoms with Crippen molar-refractivity contribution in [1.82, 2.24) is 16.0 Å². The van der Waals surface area contributed by atoms with Gasteiger partial charge < -0.3 is 25.4 Å². The van der Waals surface area contributed by atoms with Gasteiger partial charge in [0.05, 0.1) is 13.5 Å². The summed E-state index contributed by atoms with van der Waals surface area (Å²) in [5.41, 5.74) is 2.25. The SMILES string of the molecule is C=CCOc1ccc(C[C@H](NC(=O)Cc2cccc(Cl)c2)C(=O)N[C@@H](Cc2ccccc2)C(=O)NCC(=O)OC)cc1. The zero-order valence-corrected chi connectivity index (χ0v) is 24.1. The maximum Gasteiger partial charge on any atom is 0.325 e. The minimum Gasteiger partial charge on any atom is -0.490 e. The first-order chi connectivity index (χ1) is 20.3. The Balaban J connectivity index is 1.80. The number of carbonyl (C=O) groups excluding carboxylic acids is 4. The van der Waals surface area contributed by atoms with Crippen molar-refractivity contribution in [3.63, 3.8) is 0 Å². The van der Waals surface area contributed by atoms with E-state index >= 15 is 0 Å². The molecule has 3 amide bonds. The minimum atomic E-state index is -1.02. The first-order valence-electron chi connectivity index (χ1n) is 13.3. The third kappa shape index (κ3) is 10.7. The molecule has 0 saturated heterocycles. The molecule has 42 heavy (non-hydrogen) atoms. The van der Waals surface area contributed by atoms with Gasteiger partial charge in [0.15, 0.2) is 0 Å². The fraction of sp³-hybridized carbons (Fsp3) is 0.250. The quantitative estimate of drug-likeness (QED) is 0.184. The van der Waals surface area contributed by atoms with Crippen LogP contribution in [0.2, 0.25) is 5.02 Å². The van der Waals surface area contributed by atoms with Gasteiger partial charge in [0.1, 0.15) is 31.0 Å². The summed E-state index contributed by atoms with van der Waals surface area (Å²) in [5.74, 6) is -1.51. The van der Waals surface area contributed by atoms with Crippen LogP contribution in [0.15, 0.2) is 91.5 Å². The summed E-state index contributed by atoms with van der Waals surface area (Å²) in [5, 5.41) is 8.57. The lowest BCUT2D eigenvalue weighted by Gasteiger charge is -2.23. The maximum atomic E-state index is 13.6. The fourth-order valence-electron chi connectivity index (χ4n) is 4.09. The van der Waals surface area contributed by atoms with Gasteiger partial charge in [-0.05, 0) is 41.0 Å². The van der Waals surface area contributed by atoms with Crippen LogP contribution in [0.3, 0.4) is 0 Å². The van der Waals surface area contributed by atoms with Crippen molar-refractivity contribution in [2.24, 2.45) is 0 Å². The number of nitrogens with one attached hydrogen (secondary N) is 3. The van der Waals surface area contributed by atoms with E-state index in [-0.39, 0.29) is 25.8 Å². The van der Waals surface area contributed by atoms with Crippen LogP contribution in [0.1, 0.15) is 16.7 Å².